The van der Waals surface area contributed by atoms with Crippen molar-refractivity contribution >= 4 is 40.6 Å². The molecule has 170 valence electrons. The number of aromatic hydroxyl groups is 1. The predicted octanol–water partition coefficient (Wildman–Crippen LogP) is 5.58. The molecular weight excluding hydrogens is 474 g/mol. The molecule has 0 radical (unpaired) electrons. The summed E-state index contributed by atoms with van der Waals surface area (Å²) in [5.41, 5.74) is 1.73. The number of benzene rings is 2. The number of thiocarbonyl (C=S) groups is 1. The number of phenols is 1. The van der Waals surface area contributed by atoms with Crippen molar-refractivity contribution in [2.75, 3.05) is 4.90 Å². The number of aromatic nitrogens is 1. The van der Waals surface area contributed by atoms with Gasteiger partial charge in [0.15, 0.2) is 5.11 Å². The number of carboxylic acids is 1. The zero-order chi connectivity index (χ0) is 23.8. The molecular formula is C25H18ClN3O4S. The summed E-state index contributed by atoms with van der Waals surface area (Å²) in [7, 11) is 0. The maximum absolute atomic E-state index is 11.7. The Kier molecular flexibility index (Phi) is 5.69. The van der Waals surface area contributed by atoms with E-state index >= 15 is 0 Å². The van der Waals surface area contributed by atoms with Crippen molar-refractivity contribution in [2.24, 2.45) is 0 Å². The molecule has 0 bridgehead atoms. The van der Waals surface area contributed by atoms with Crippen LogP contribution in [0.3, 0.4) is 0 Å². The number of halogens is 1. The lowest BCUT2D eigenvalue weighted by atomic mass is 10.0. The molecule has 1 aliphatic rings. The van der Waals surface area contributed by atoms with Gasteiger partial charge in [0, 0.05) is 16.8 Å². The maximum atomic E-state index is 11.7. The molecule has 4 aromatic rings. The number of carboxylic acid groups (broad SMARTS) is 1. The summed E-state index contributed by atoms with van der Waals surface area (Å²) < 4.78 is 6.22. The van der Waals surface area contributed by atoms with Crippen LogP contribution < -0.4 is 10.2 Å². The molecule has 0 aliphatic carbocycles. The van der Waals surface area contributed by atoms with Crippen molar-refractivity contribution in [1.29, 1.82) is 0 Å². The van der Waals surface area contributed by atoms with Crippen LogP contribution in [0.1, 0.15) is 33.9 Å². The van der Waals surface area contributed by atoms with E-state index in [1.54, 1.807) is 53.6 Å². The van der Waals surface area contributed by atoms with Crippen LogP contribution in [0, 0.1) is 0 Å². The Morgan fingerprint density at radius 2 is 1.88 bits per heavy atom. The molecule has 7 nitrogen and oxygen atoms in total. The van der Waals surface area contributed by atoms with Gasteiger partial charge in [0.2, 0.25) is 0 Å². The van der Waals surface area contributed by atoms with E-state index in [-0.39, 0.29) is 11.3 Å². The highest BCUT2D eigenvalue weighted by molar-refractivity contribution is 7.80. The molecule has 2 atom stereocenters. The number of rotatable bonds is 5. The second kappa shape index (κ2) is 8.81. The van der Waals surface area contributed by atoms with E-state index in [4.69, 9.17) is 28.2 Å². The van der Waals surface area contributed by atoms with Gasteiger partial charge in [-0.3, -0.25) is 4.98 Å². The monoisotopic (exact) mass is 491 g/mol. The number of phenolic OH excluding ortho intramolecular Hbond substituents is 1. The quantitative estimate of drug-likeness (QED) is 0.311. The van der Waals surface area contributed by atoms with Crippen LogP contribution in [0.5, 0.6) is 5.75 Å². The van der Waals surface area contributed by atoms with E-state index in [2.05, 4.69) is 10.3 Å². The number of furan rings is 1. The summed E-state index contributed by atoms with van der Waals surface area (Å²) >= 11 is 11.9. The molecule has 3 N–H and O–H groups in total. The first-order chi connectivity index (χ1) is 16.4. The van der Waals surface area contributed by atoms with Crippen LogP contribution in [0.2, 0.25) is 5.02 Å². The van der Waals surface area contributed by atoms with Gasteiger partial charge in [-0.25, -0.2) is 4.79 Å². The Morgan fingerprint density at radius 1 is 1.09 bits per heavy atom. The lowest BCUT2D eigenvalue weighted by molar-refractivity contribution is 0.0697. The maximum Gasteiger partial charge on any atom is 0.336 e. The Hall–Kier alpha value is -3.88. The van der Waals surface area contributed by atoms with Crippen LogP contribution in [0.25, 0.3) is 11.3 Å². The molecule has 34 heavy (non-hydrogen) atoms. The highest BCUT2D eigenvalue weighted by Gasteiger charge is 2.43. The molecule has 3 heterocycles. The normalized spacial score (nSPS) is 17.6. The molecule has 1 fully saturated rings. The summed E-state index contributed by atoms with van der Waals surface area (Å²) in [4.78, 5) is 17.9. The lowest BCUT2D eigenvalue weighted by Crippen LogP contribution is -2.29. The van der Waals surface area contributed by atoms with Gasteiger partial charge in [-0.05, 0) is 60.7 Å². The largest absolute Gasteiger partial charge is 0.506 e. The minimum absolute atomic E-state index is 0.00298. The molecule has 0 saturated carbocycles. The average Bonchev–Trinajstić information content (AvgIpc) is 3.46. The van der Waals surface area contributed by atoms with E-state index in [9.17, 15) is 15.0 Å². The summed E-state index contributed by atoms with van der Waals surface area (Å²) in [6.07, 6.45) is 1.69. The summed E-state index contributed by atoms with van der Waals surface area (Å²) in [5, 5.41) is 24.3. The average molecular weight is 492 g/mol. The zero-order valence-corrected chi connectivity index (χ0v) is 19.1. The van der Waals surface area contributed by atoms with Crippen molar-refractivity contribution in [1.82, 2.24) is 10.3 Å². The Bertz CT molecular complexity index is 1390. The van der Waals surface area contributed by atoms with Crippen molar-refractivity contribution in [3.8, 4) is 17.1 Å². The third-order valence-electron chi connectivity index (χ3n) is 5.64. The number of nitrogens with zero attached hydrogens (tertiary/aromatic N) is 2. The summed E-state index contributed by atoms with van der Waals surface area (Å²) in [6, 6.07) is 19.5. The smallest absolute Gasteiger partial charge is 0.336 e. The minimum Gasteiger partial charge on any atom is -0.506 e. The molecule has 2 aromatic carbocycles. The van der Waals surface area contributed by atoms with E-state index in [0.29, 0.717) is 32.9 Å². The molecule has 9 heteroatoms. The van der Waals surface area contributed by atoms with E-state index in [1.807, 2.05) is 18.2 Å². The topological polar surface area (TPSA) is 98.8 Å². The number of hydrogen-bond donors (Lipinski definition) is 3. The fraction of sp³-hybridized carbons (Fsp3) is 0.0800. The van der Waals surface area contributed by atoms with Crippen LogP contribution in [-0.4, -0.2) is 26.3 Å². The van der Waals surface area contributed by atoms with Crippen molar-refractivity contribution < 1.29 is 19.4 Å². The van der Waals surface area contributed by atoms with Gasteiger partial charge < -0.3 is 24.8 Å². The van der Waals surface area contributed by atoms with Gasteiger partial charge in [-0.2, -0.15) is 0 Å². The second-order valence-corrected chi connectivity index (χ2v) is 8.51. The first-order valence-electron chi connectivity index (χ1n) is 10.4. The van der Waals surface area contributed by atoms with Crippen LogP contribution in [-0.2, 0) is 0 Å². The summed E-state index contributed by atoms with van der Waals surface area (Å²) in [6.45, 7) is 0. The van der Waals surface area contributed by atoms with E-state index in [0.717, 1.165) is 5.69 Å². The van der Waals surface area contributed by atoms with E-state index in [1.165, 1.54) is 12.1 Å². The van der Waals surface area contributed by atoms with Gasteiger partial charge >= 0.3 is 5.97 Å². The Balaban J connectivity index is 1.65. The number of pyridine rings is 1. The fourth-order valence-electron chi connectivity index (χ4n) is 4.13. The van der Waals surface area contributed by atoms with E-state index < -0.39 is 18.1 Å². The highest BCUT2D eigenvalue weighted by Crippen LogP contribution is 2.46. The molecule has 5 rings (SSSR count). The third kappa shape index (κ3) is 3.87. The Morgan fingerprint density at radius 3 is 2.65 bits per heavy atom. The van der Waals surface area contributed by atoms with Crippen molar-refractivity contribution in [2.45, 2.75) is 12.1 Å². The standard InChI is InChI=1S/C25H18ClN3O4S/c26-14-8-9-19(30)18(13-14)29-23(22(28-25(29)34)17-7-3-4-12-27-17)21-11-10-20(33-21)15-5-1-2-6-16(15)24(31)32/h1-13,22-23,30H,(H,28,34)(H,31,32). The molecule has 1 saturated heterocycles. The van der Waals surface area contributed by atoms with Crippen molar-refractivity contribution in [3.63, 3.8) is 0 Å². The van der Waals surface area contributed by atoms with Gasteiger partial charge in [-0.15, -0.1) is 0 Å². The van der Waals surface area contributed by atoms with Crippen LogP contribution in [0.4, 0.5) is 5.69 Å². The number of nitrogens with one attached hydrogen (secondary N) is 1. The SMILES string of the molecule is O=C(O)c1ccccc1-c1ccc(C2C(c3ccccn3)NC(=S)N2c2cc(Cl)ccc2O)o1. The highest BCUT2D eigenvalue weighted by atomic mass is 35.5. The fourth-order valence-corrected chi connectivity index (χ4v) is 4.64. The first-order valence-corrected chi connectivity index (χ1v) is 11.1. The van der Waals surface area contributed by atoms with Crippen LogP contribution >= 0.6 is 23.8 Å². The molecule has 1 aliphatic heterocycles. The number of carbonyl (C=O) groups is 1. The number of hydrogen-bond acceptors (Lipinski definition) is 5. The second-order valence-electron chi connectivity index (χ2n) is 7.68. The van der Waals surface area contributed by atoms with Gasteiger partial charge in [0.25, 0.3) is 0 Å². The van der Waals surface area contributed by atoms with Gasteiger partial charge in [0.05, 0.1) is 23.0 Å². The molecule has 2 aromatic heterocycles. The lowest BCUT2D eigenvalue weighted by Gasteiger charge is -2.26. The van der Waals surface area contributed by atoms with Crippen molar-refractivity contribution in [3.05, 3.63) is 101 Å². The third-order valence-corrected chi connectivity index (χ3v) is 6.19. The number of aromatic carboxylic acids is 1. The molecule has 0 spiro atoms. The minimum atomic E-state index is -1.05. The molecule has 0 amide bonds. The molecule has 2 unspecified atom stereocenters. The number of anilines is 1. The van der Waals surface area contributed by atoms with Gasteiger partial charge in [0.1, 0.15) is 23.3 Å². The summed E-state index contributed by atoms with van der Waals surface area (Å²) in [5.74, 6) is -0.129. The van der Waals surface area contributed by atoms with Gasteiger partial charge in [-0.1, -0.05) is 35.9 Å². The predicted molar refractivity (Wildman–Crippen MR) is 132 cm³/mol. The first kappa shape index (κ1) is 21.9. The Labute approximate surface area is 205 Å². The zero-order valence-electron chi connectivity index (χ0n) is 17.6. The van der Waals surface area contributed by atoms with Crippen LogP contribution in [0.15, 0.2) is 83.4 Å².